The molecule has 0 saturated carbocycles. The summed E-state index contributed by atoms with van der Waals surface area (Å²) >= 11 is 13.6. The smallest absolute Gasteiger partial charge is 0.246 e. The molecule has 4 rings (SSSR count). The Balaban J connectivity index is 2.08. The van der Waals surface area contributed by atoms with Gasteiger partial charge in [0.25, 0.3) is 0 Å². The van der Waals surface area contributed by atoms with Crippen LogP contribution in [0, 0.1) is 35.5 Å². The van der Waals surface area contributed by atoms with E-state index in [-0.39, 0.29) is 20.9 Å². The number of ether oxygens (including phenoxy) is 2. The fourth-order valence-corrected chi connectivity index (χ4v) is 4.99. The van der Waals surface area contributed by atoms with Crippen LogP contribution in [0.1, 0.15) is 74.9 Å². The van der Waals surface area contributed by atoms with E-state index in [0.29, 0.717) is 11.1 Å². The zero-order valence-corrected chi connectivity index (χ0v) is 24.0. The molecule has 0 spiro atoms. The molecule has 0 N–H and O–H groups in total. The van der Waals surface area contributed by atoms with E-state index in [9.17, 15) is 0 Å². The normalized spacial score (nSPS) is 16.1. The van der Waals surface area contributed by atoms with Gasteiger partial charge in [0, 0.05) is 36.5 Å². The Morgan fingerprint density at radius 1 is 0.568 bits per heavy atom. The van der Waals surface area contributed by atoms with Crippen molar-refractivity contribution in [3.8, 4) is 35.5 Å². The van der Waals surface area contributed by atoms with Crippen molar-refractivity contribution in [1.29, 1.82) is 0 Å². The molecule has 0 amide bonds. The number of halogens is 2. The van der Waals surface area contributed by atoms with Crippen LogP contribution in [-0.2, 0) is 20.3 Å². The summed E-state index contributed by atoms with van der Waals surface area (Å²) in [6, 6.07) is 12.5. The summed E-state index contributed by atoms with van der Waals surface area (Å²) in [4.78, 5) is 0. The Labute approximate surface area is 231 Å². The molecule has 0 radical (unpaired) electrons. The highest BCUT2D eigenvalue weighted by molar-refractivity contribution is 6.38. The van der Waals surface area contributed by atoms with Gasteiger partial charge in [0.15, 0.2) is 0 Å². The first kappa shape index (κ1) is 27.1. The average molecular weight is 530 g/mol. The Morgan fingerprint density at radius 2 is 0.919 bits per heavy atom. The van der Waals surface area contributed by atoms with E-state index in [1.165, 1.54) is 14.2 Å². The number of fused-ring (bicyclic) bond motifs is 3. The number of benzene rings is 2. The molecule has 0 aliphatic heterocycles. The molecule has 0 saturated heterocycles. The number of hydrogen-bond acceptors (Lipinski definition) is 2. The summed E-state index contributed by atoms with van der Waals surface area (Å²) in [6.45, 7) is 13.0. The molecule has 0 atom stereocenters. The number of methoxy groups -OCH3 is 2. The Morgan fingerprint density at radius 3 is 1.24 bits per heavy atom. The van der Waals surface area contributed by atoms with Gasteiger partial charge in [-0.2, -0.15) is 0 Å². The molecule has 0 bridgehead atoms. The van der Waals surface area contributed by atoms with Crippen molar-refractivity contribution in [2.75, 3.05) is 14.2 Å². The SMILES string of the molecule is COC1(OC)C(Cl)=C2C#Cc3cc(C(C)(C)C)ccc3C#Cc3ccc(C(C)(C)C)cc3C#CC2=C1Cl. The zero-order valence-electron chi connectivity index (χ0n) is 22.5. The molecule has 0 aromatic heterocycles. The monoisotopic (exact) mass is 528 g/mol. The van der Waals surface area contributed by atoms with Gasteiger partial charge in [0.1, 0.15) is 0 Å². The number of hydrogen-bond donors (Lipinski definition) is 0. The Kier molecular flexibility index (Phi) is 7.16. The van der Waals surface area contributed by atoms with Crippen molar-refractivity contribution in [1.82, 2.24) is 0 Å². The quantitative estimate of drug-likeness (QED) is 0.299. The van der Waals surface area contributed by atoms with E-state index in [1.54, 1.807) is 0 Å². The molecular formula is C33H30Cl2O2. The second-order valence-corrected chi connectivity index (χ2v) is 11.9. The molecule has 0 fully saturated rings. The highest BCUT2D eigenvalue weighted by Gasteiger charge is 2.47. The summed E-state index contributed by atoms with van der Waals surface area (Å²) < 4.78 is 11.3. The molecule has 4 heteroatoms. The van der Waals surface area contributed by atoms with Crippen LogP contribution in [0.2, 0.25) is 0 Å². The van der Waals surface area contributed by atoms with E-state index in [2.05, 4.69) is 101 Å². The van der Waals surface area contributed by atoms with Crippen LogP contribution in [0.15, 0.2) is 57.6 Å². The van der Waals surface area contributed by atoms with E-state index in [1.807, 2.05) is 12.1 Å². The third-order valence-corrected chi connectivity index (χ3v) is 7.46. The maximum absolute atomic E-state index is 6.82. The first-order chi connectivity index (χ1) is 17.3. The van der Waals surface area contributed by atoms with Crippen LogP contribution in [0.5, 0.6) is 0 Å². The van der Waals surface area contributed by atoms with Gasteiger partial charge >= 0.3 is 0 Å². The summed E-state index contributed by atoms with van der Waals surface area (Å²) in [5.41, 5.74) is 6.47. The highest BCUT2D eigenvalue weighted by atomic mass is 35.5. The third-order valence-electron chi connectivity index (χ3n) is 6.59. The van der Waals surface area contributed by atoms with E-state index in [4.69, 9.17) is 32.7 Å². The molecule has 2 aliphatic rings. The van der Waals surface area contributed by atoms with Gasteiger partial charge in [0.2, 0.25) is 5.79 Å². The molecule has 188 valence electrons. The minimum absolute atomic E-state index is 0.0465. The van der Waals surface area contributed by atoms with Gasteiger partial charge in [-0.15, -0.1) is 0 Å². The molecule has 2 aliphatic carbocycles. The van der Waals surface area contributed by atoms with Crippen LogP contribution in [0.3, 0.4) is 0 Å². The van der Waals surface area contributed by atoms with Gasteiger partial charge in [-0.1, -0.05) is 112 Å². The Bertz CT molecular complexity index is 1420. The van der Waals surface area contributed by atoms with Crippen molar-refractivity contribution in [2.45, 2.75) is 58.2 Å². The van der Waals surface area contributed by atoms with Gasteiger partial charge < -0.3 is 9.47 Å². The summed E-state index contributed by atoms with van der Waals surface area (Å²) in [5.74, 6) is 18.2. The lowest BCUT2D eigenvalue weighted by Crippen LogP contribution is -2.33. The standard InChI is InChI=1S/C33H30Cl2O2/c1-31(2,3)25-15-11-21-9-10-22-12-16-26(32(4,5)6)20-24(22)14-18-28-27(17-13-23(21)19-25)29(34)33(36-7,37-8)30(28)35/h11-12,15-16,19-20H,1-8H3. The lowest BCUT2D eigenvalue weighted by molar-refractivity contribution is -0.138. The largest absolute Gasteiger partial charge is 0.344 e. The number of allylic oxidation sites excluding steroid dienone is 2. The van der Waals surface area contributed by atoms with Crippen molar-refractivity contribution in [3.63, 3.8) is 0 Å². The second-order valence-electron chi connectivity index (χ2n) is 11.2. The van der Waals surface area contributed by atoms with Crippen LogP contribution >= 0.6 is 23.2 Å². The minimum atomic E-state index is -1.44. The van der Waals surface area contributed by atoms with Crippen LogP contribution < -0.4 is 0 Å². The predicted molar refractivity (Wildman–Crippen MR) is 153 cm³/mol. The van der Waals surface area contributed by atoms with Crippen molar-refractivity contribution >= 4 is 23.2 Å². The average Bonchev–Trinajstić information content (AvgIpc) is 3.03. The van der Waals surface area contributed by atoms with Crippen molar-refractivity contribution in [3.05, 3.63) is 91.0 Å². The molecule has 2 nitrogen and oxygen atoms in total. The fraction of sp³-hybridized carbons (Fsp3) is 0.333. The summed E-state index contributed by atoms with van der Waals surface area (Å²) in [7, 11) is 2.99. The van der Waals surface area contributed by atoms with Crippen molar-refractivity contribution < 1.29 is 9.47 Å². The zero-order chi connectivity index (χ0) is 27.2. The summed E-state index contributed by atoms with van der Waals surface area (Å²) in [6.07, 6.45) is 0. The van der Waals surface area contributed by atoms with Gasteiger partial charge in [-0.25, -0.2) is 0 Å². The van der Waals surface area contributed by atoms with Gasteiger partial charge in [-0.05, 0) is 46.2 Å². The maximum atomic E-state index is 6.82. The van der Waals surface area contributed by atoms with Gasteiger partial charge in [-0.3, -0.25) is 0 Å². The topological polar surface area (TPSA) is 18.5 Å². The van der Waals surface area contributed by atoms with Crippen molar-refractivity contribution in [2.24, 2.45) is 0 Å². The first-order valence-corrected chi connectivity index (χ1v) is 12.8. The maximum Gasteiger partial charge on any atom is 0.246 e. The molecule has 0 unspecified atom stereocenters. The molecule has 37 heavy (non-hydrogen) atoms. The van der Waals surface area contributed by atoms with Crippen LogP contribution in [0.25, 0.3) is 0 Å². The van der Waals surface area contributed by atoms with E-state index < -0.39 is 5.79 Å². The first-order valence-electron chi connectivity index (χ1n) is 12.1. The lowest BCUT2D eigenvalue weighted by Gasteiger charge is -2.26. The second kappa shape index (κ2) is 9.76. The highest BCUT2D eigenvalue weighted by Crippen LogP contribution is 2.47. The van der Waals surface area contributed by atoms with Gasteiger partial charge in [0.05, 0.1) is 21.2 Å². The minimum Gasteiger partial charge on any atom is -0.344 e. The van der Waals surface area contributed by atoms with E-state index >= 15 is 0 Å². The lowest BCUT2D eigenvalue weighted by atomic mass is 9.84. The number of rotatable bonds is 2. The molecule has 2 aromatic carbocycles. The van der Waals surface area contributed by atoms with E-state index in [0.717, 1.165) is 33.4 Å². The van der Waals surface area contributed by atoms with Crippen LogP contribution in [-0.4, -0.2) is 20.0 Å². The predicted octanol–water partition coefficient (Wildman–Crippen LogP) is 7.39. The summed E-state index contributed by atoms with van der Waals surface area (Å²) in [5, 5.41) is 0.499. The Hall–Kier alpha value is -2.90. The fourth-order valence-electron chi connectivity index (χ4n) is 4.16. The molecule has 0 heterocycles. The molecule has 2 aromatic rings. The molecular weight excluding hydrogens is 499 g/mol. The third kappa shape index (κ3) is 4.99. The van der Waals surface area contributed by atoms with Crippen LogP contribution in [0.4, 0.5) is 0 Å².